The molecule has 3 aromatic carbocycles. The van der Waals surface area contributed by atoms with Crippen LogP contribution in [0.5, 0.6) is 0 Å². The highest BCUT2D eigenvalue weighted by Gasteiger charge is 2.34. The van der Waals surface area contributed by atoms with Crippen LogP contribution < -0.4 is 14.6 Å². The molecule has 0 fully saturated rings. The van der Waals surface area contributed by atoms with Crippen molar-refractivity contribution in [2.45, 2.75) is 11.1 Å². The van der Waals surface area contributed by atoms with Crippen LogP contribution in [0.2, 0.25) is 5.02 Å². The fraction of sp³-hybridized carbons (Fsp3) is 0.167. The molecule has 0 spiro atoms. The topological polar surface area (TPSA) is 82.1 Å². The predicted octanol–water partition coefficient (Wildman–Crippen LogP) is 4.77. The predicted molar refractivity (Wildman–Crippen MR) is 134 cm³/mol. The molecule has 0 radical (unpaired) electrons. The van der Waals surface area contributed by atoms with Crippen LogP contribution >= 0.6 is 11.6 Å². The maximum atomic E-state index is 13.3. The quantitative estimate of drug-likeness (QED) is 0.331. The largest absolute Gasteiger partial charge is 0.416 e. The number of carbonyl (C=O) groups excluding carboxylic acids is 1. The lowest BCUT2D eigenvalue weighted by atomic mass is 10.2. The smallest absolute Gasteiger partial charge is 0.378 e. The standard InChI is InChI=1S/C24H22ClF3N4O3S/c1-31(2)19-11-8-17(9-12-19)15-29-30-23(33)16-32(36(34,35)20-6-4-3-5-7-20)22-14-18(24(26,27)28)10-13-21(22)25/h3-15H,16H2,1-2H3,(H,30,33)/b29-15-. The van der Waals surface area contributed by atoms with Crippen molar-refractivity contribution in [1.82, 2.24) is 5.43 Å². The number of nitrogens with one attached hydrogen (secondary N) is 1. The number of sulfonamides is 1. The molecular weight excluding hydrogens is 517 g/mol. The van der Waals surface area contributed by atoms with Gasteiger partial charge in [0.05, 0.1) is 27.4 Å². The molecular formula is C24H22ClF3N4O3S. The molecule has 0 aliphatic heterocycles. The number of benzene rings is 3. The summed E-state index contributed by atoms with van der Waals surface area (Å²) in [5.74, 6) is -0.885. The van der Waals surface area contributed by atoms with Crippen molar-refractivity contribution in [3.63, 3.8) is 0 Å². The molecule has 0 aliphatic carbocycles. The van der Waals surface area contributed by atoms with Gasteiger partial charge in [0, 0.05) is 19.8 Å². The van der Waals surface area contributed by atoms with Gasteiger partial charge < -0.3 is 4.90 Å². The highest BCUT2D eigenvalue weighted by molar-refractivity contribution is 7.92. The van der Waals surface area contributed by atoms with Crippen molar-refractivity contribution in [3.8, 4) is 0 Å². The van der Waals surface area contributed by atoms with E-state index in [1.165, 1.54) is 30.5 Å². The molecule has 0 unspecified atom stereocenters. The number of nitrogens with zero attached hydrogens (tertiary/aromatic N) is 3. The highest BCUT2D eigenvalue weighted by Crippen LogP contribution is 2.37. The summed E-state index contributed by atoms with van der Waals surface area (Å²) in [6.07, 6.45) is -3.40. The number of alkyl halides is 3. The maximum absolute atomic E-state index is 13.3. The Morgan fingerprint density at radius 3 is 2.25 bits per heavy atom. The van der Waals surface area contributed by atoms with Gasteiger partial charge in [-0.15, -0.1) is 0 Å². The normalized spacial score (nSPS) is 11.9. The Morgan fingerprint density at radius 1 is 1.03 bits per heavy atom. The fourth-order valence-corrected chi connectivity index (χ4v) is 4.83. The van der Waals surface area contributed by atoms with Gasteiger partial charge >= 0.3 is 6.18 Å². The third-order valence-electron chi connectivity index (χ3n) is 4.97. The van der Waals surface area contributed by atoms with Gasteiger partial charge in [-0.25, -0.2) is 13.8 Å². The Labute approximate surface area is 211 Å². The molecule has 0 bridgehead atoms. The molecule has 0 saturated carbocycles. The van der Waals surface area contributed by atoms with Gasteiger partial charge in [-0.3, -0.25) is 9.10 Å². The Morgan fingerprint density at radius 2 is 1.67 bits per heavy atom. The zero-order valence-electron chi connectivity index (χ0n) is 19.2. The minimum absolute atomic E-state index is 0.226. The molecule has 12 heteroatoms. The number of anilines is 2. The van der Waals surface area contributed by atoms with Crippen LogP contribution in [-0.4, -0.2) is 41.2 Å². The molecule has 0 aliphatic rings. The SMILES string of the molecule is CN(C)c1ccc(/C=N\NC(=O)CN(c2cc(C(F)(F)F)ccc2Cl)S(=O)(=O)c2ccccc2)cc1. The zero-order chi connectivity index (χ0) is 26.5. The summed E-state index contributed by atoms with van der Waals surface area (Å²) in [5, 5.41) is 3.55. The Kier molecular flexibility index (Phi) is 8.26. The molecule has 1 N–H and O–H groups in total. The third-order valence-corrected chi connectivity index (χ3v) is 7.07. The fourth-order valence-electron chi connectivity index (χ4n) is 3.10. The van der Waals surface area contributed by atoms with Gasteiger partial charge in [0.15, 0.2) is 0 Å². The second-order valence-electron chi connectivity index (χ2n) is 7.77. The van der Waals surface area contributed by atoms with Crippen LogP contribution in [0.25, 0.3) is 0 Å². The van der Waals surface area contributed by atoms with E-state index in [1.54, 1.807) is 18.2 Å². The molecule has 0 heterocycles. The van der Waals surface area contributed by atoms with E-state index in [2.05, 4.69) is 10.5 Å². The molecule has 3 aromatic rings. The van der Waals surface area contributed by atoms with Crippen LogP contribution in [0.1, 0.15) is 11.1 Å². The van der Waals surface area contributed by atoms with Crippen LogP contribution in [0.4, 0.5) is 24.5 Å². The summed E-state index contributed by atoms with van der Waals surface area (Å²) in [6.45, 7) is -0.866. The number of carbonyl (C=O) groups is 1. The number of hydrogen-bond acceptors (Lipinski definition) is 5. The van der Waals surface area contributed by atoms with Crippen molar-refractivity contribution in [1.29, 1.82) is 0 Å². The Hall–Kier alpha value is -3.57. The number of hydrogen-bond donors (Lipinski definition) is 1. The number of halogens is 4. The van der Waals surface area contributed by atoms with E-state index in [4.69, 9.17) is 11.6 Å². The van der Waals surface area contributed by atoms with Crippen molar-refractivity contribution < 1.29 is 26.4 Å². The summed E-state index contributed by atoms with van der Waals surface area (Å²) >= 11 is 6.10. The Bertz CT molecular complexity index is 1350. The second kappa shape index (κ2) is 11.0. The third kappa shape index (κ3) is 6.55. The van der Waals surface area contributed by atoms with Crippen molar-refractivity contribution in [2.75, 3.05) is 29.8 Å². The van der Waals surface area contributed by atoms with E-state index >= 15 is 0 Å². The van der Waals surface area contributed by atoms with Crippen LogP contribution in [-0.2, 0) is 21.0 Å². The molecule has 0 aromatic heterocycles. The lowest BCUT2D eigenvalue weighted by molar-refractivity contribution is -0.137. The minimum Gasteiger partial charge on any atom is -0.378 e. The first-order chi connectivity index (χ1) is 16.9. The summed E-state index contributed by atoms with van der Waals surface area (Å²) in [4.78, 5) is 14.3. The van der Waals surface area contributed by atoms with Crippen LogP contribution in [0.15, 0.2) is 82.8 Å². The second-order valence-corrected chi connectivity index (χ2v) is 10.0. The lowest BCUT2D eigenvalue weighted by Gasteiger charge is -2.25. The van der Waals surface area contributed by atoms with Gasteiger partial charge in [-0.1, -0.05) is 41.9 Å². The van der Waals surface area contributed by atoms with Gasteiger partial charge in [-0.05, 0) is 48.0 Å². The minimum atomic E-state index is -4.75. The summed E-state index contributed by atoms with van der Waals surface area (Å²) in [7, 11) is -0.692. The van der Waals surface area contributed by atoms with Crippen molar-refractivity contribution in [2.24, 2.45) is 5.10 Å². The van der Waals surface area contributed by atoms with Crippen molar-refractivity contribution in [3.05, 3.63) is 88.9 Å². The summed E-state index contributed by atoms with van der Waals surface area (Å²) in [5.41, 5.74) is 2.21. The lowest BCUT2D eigenvalue weighted by Crippen LogP contribution is -2.40. The van der Waals surface area contributed by atoms with Gasteiger partial charge in [0.2, 0.25) is 0 Å². The van der Waals surface area contributed by atoms with E-state index in [-0.39, 0.29) is 9.92 Å². The van der Waals surface area contributed by atoms with Gasteiger partial charge in [0.1, 0.15) is 6.54 Å². The molecule has 0 atom stereocenters. The van der Waals surface area contributed by atoms with Gasteiger partial charge in [0.25, 0.3) is 15.9 Å². The maximum Gasteiger partial charge on any atom is 0.416 e. The van der Waals surface area contributed by atoms with Crippen molar-refractivity contribution >= 4 is 45.1 Å². The molecule has 190 valence electrons. The van der Waals surface area contributed by atoms with Crippen LogP contribution in [0, 0.1) is 0 Å². The first-order valence-electron chi connectivity index (χ1n) is 10.4. The Balaban J connectivity index is 1.90. The van der Waals surface area contributed by atoms with E-state index in [0.29, 0.717) is 15.9 Å². The number of hydrazone groups is 1. The van der Waals surface area contributed by atoms with E-state index in [9.17, 15) is 26.4 Å². The number of rotatable bonds is 8. The molecule has 1 amide bonds. The number of amides is 1. The average molecular weight is 539 g/mol. The average Bonchev–Trinajstić information content (AvgIpc) is 2.83. The summed E-state index contributed by atoms with van der Waals surface area (Å²) < 4.78 is 67.2. The van der Waals surface area contributed by atoms with Crippen LogP contribution in [0.3, 0.4) is 0 Å². The van der Waals surface area contributed by atoms with Gasteiger partial charge in [-0.2, -0.15) is 18.3 Å². The first-order valence-corrected chi connectivity index (χ1v) is 12.3. The molecule has 36 heavy (non-hydrogen) atoms. The van der Waals surface area contributed by atoms with E-state index < -0.39 is 39.9 Å². The monoisotopic (exact) mass is 538 g/mol. The molecule has 0 saturated heterocycles. The molecule has 3 rings (SSSR count). The van der Waals surface area contributed by atoms with E-state index in [0.717, 1.165) is 17.8 Å². The summed E-state index contributed by atoms with van der Waals surface area (Å²) in [6, 6.07) is 16.5. The highest BCUT2D eigenvalue weighted by atomic mass is 35.5. The van der Waals surface area contributed by atoms with E-state index in [1.807, 2.05) is 31.1 Å². The first kappa shape index (κ1) is 27.0. The molecule has 7 nitrogen and oxygen atoms in total. The zero-order valence-corrected chi connectivity index (χ0v) is 20.8.